The summed E-state index contributed by atoms with van der Waals surface area (Å²) < 4.78 is 0. The van der Waals surface area contributed by atoms with Gasteiger partial charge in [-0.25, -0.2) is 0 Å². The molecule has 4 heteroatoms. The predicted molar refractivity (Wildman–Crippen MR) is 73.5 cm³/mol. The molecule has 104 valence electrons. The first-order chi connectivity index (χ1) is 8.57. The first-order valence-electron chi connectivity index (χ1n) is 7.31. The lowest BCUT2D eigenvalue weighted by Gasteiger charge is -2.39. The van der Waals surface area contributed by atoms with Crippen molar-refractivity contribution in [3.8, 4) is 0 Å². The van der Waals surface area contributed by atoms with E-state index in [0.29, 0.717) is 6.04 Å². The van der Waals surface area contributed by atoms with E-state index in [1.54, 1.807) is 0 Å². The average Bonchev–Trinajstić information content (AvgIpc) is 2.85. The third kappa shape index (κ3) is 2.69. The highest BCUT2D eigenvalue weighted by molar-refractivity contribution is 5.86. The summed E-state index contributed by atoms with van der Waals surface area (Å²) in [5.41, 5.74) is -0.309. The van der Waals surface area contributed by atoms with Crippen molar-refractivity contribution in [2.45, 2.75) is 51.1 Å². The maximum atomic E-state index is 12.6. The molecule has 2 heterocycles. The topological polar surface area (TPSA) is 35.6 Å². The number of piperidine rings is 1. The minimum Gasteiger partial charge on any atom is -0.341 e. The van der Waals surface area contributed by atoms with E-state index in [0.717, 1.165) is 51.9 Å². The minimum atomic E-state index is -0.309. The molecule has 1 amide bonds. The lowest BCUT2D eigenvalue weighted by molar-refractivity contribution is -0.138. The zero-order valence-corrected chi connectivity index (χ0v) is 12.0. The van der Waals surface area contributed by atoms with Gasteiger partial charge in [0.05, 0.1) is 5.54 Å². The summed E-state index contributed by atoms with van der Waals surface area (Å²) in [6.07, 6.45) is 4.33. The second kappa shape index (κ2) is 5.57. The number of carbonyl (C=O) groups is 1. The Balaban J connectivity index is 1.91. The molecule has 4 nitrogen and oxygen atoms in total. The van der Waals surface area contributed by atoms with Gasteiger partial charge in [-0.15, -0.1) is 0 Å². The number of hydrogen-bond acceptors (Lipinski definition) is 3. The fraction of sp³-hybridized carbons (Fsp3) is 0.929. The second-order valence-corrected chi connectivity index (χ2v) is 5.94. The van der Waals surface area contributed by atoms with Gasteiger partial charge in [0.25, 0.3) is 0 Å². The van der Waals surface area contributed by atoms with Crippen LogP contribution in [0.25, 0.3) is 0 Å². The molecule has 2 fully saturated rings. The number of amides is 1. The van der Waals surface area contributed by atoms with E-state index in [1.807, 2.05) is 11.9 Å². The van der Waals surface area contributed by atoms with Crippen LogP contribution in [0, 0.1) is 0 Å². The van der Waals surface area contributed by atoms with Crippen LogP contribution in [0.3, 0.4) is 0 Å². The molecule has 1 atom stereocenters. The lowest BCUT2D eigenvalue weighted by atomic mass is 9.95. The highest BCUT2D eigenvalue weighted by atomic mass is 16.2. The standard InChI is InChI=1S/C14H27N3O/c1-4-17-10-6-12(7-11-17)16(3)13(18)14(2)8-5-9-15-14/h12,15H,4-11H2,1-3H3. The first-order valence-corrected chi connectivity index (χ1v) is 7.31. The van der Waals surface area contributed by atoms with Crippen molar-refractivity contribution in [3.63, 3.8) is 0 Å². The summed E-state index contributed by atoms with van der Waals surface area (Å²) >= 11 is 0. The van der Waals surface area contributed by atoms with Crippen LogP contribution in [0.2, 0.25) is 0 Å². The Morgan fingerprint density at radius 3 is 2.61 bits per heavy atom. The van der Waals surface area contributed by atoms with Crippen molar-refractivity contribution in [1.82, 2.24) is 15.1 Å². The SMILES string of the molecule is CCN1CCC(N(C)C(=O)C2(C)CCCN2)CC1. The molecule has 0 spiro atoms. The predicted octanol–water partition coefficient (Wildman–Crippen LogP) is 1.07. The van der Waals surface area contributed by atoms with Crippen LogP contribution in [0.1, 0.15) is 39.5 Å². The summed E-state index contributed by atoms with van der Waals surface area (Å²) in [4.78, 5) is 17.0. The minimum absolute atomic E-state index is 0.287. The molecule has 2 aliphatic rings. The van der Waals surface area contributed by atoms with Gasteiger partial charge < -0.3 is 15.1 Å². The van der Waals surface area contributed by atoms with E-state index in [-0.39, 0.29) is 11.4 Å². The number of carbonyl (C=O) groups excluding carboxylic acids is 1. The maximum Gasteiger partial charge on any atom is 0.242 e. The summed E-state index contributed by atoms with van der Waals surface area (Å²) in [6, 6.07) is 0.430. The lowest BCUT2D eigenvalue weighted by Crippen LogP contribution is -2.56. The van der Waals surface area contributed by atoms with Gasteiger partial charge in [-0.1, -0.05) is 6.92 Å². The van der Waals surface area contributed by atoms with Crippen molar-refractivity contribution in [2.24, 2.45) is 0 Å². The van der Waals surface area contributed by atoms with Crippen LogP contribution in [0.5, 0.6) is 0 Å². The summed E-state index contributed by atoms with van der Waals surface area (Å²) in [5.74, 6) is 0.287. The molecule has 0 aromatic rings. The number of rotatable bonds is 3. The molecular formula is C14H27N3O. The van der Waals surface area contributed by atoms with Crippen molar-refractivity contribution in [2.75, 3.05) is 33.2 Å². The van der Waals surface area contributed by atoms with Gasteiger partial charge in [-0.2, -0.15) is 0 Å². The normalized spacial score (nSPS) is 30.6. The van der Waals surface area contributed by atoms with Gasteiger partial charge in [0.1, 0.15) is 0 Å². The fourth-order valence-corrected chi connectivity index (χ4v) is 3.26. The van der Waals surface area contributed by atoms with Crippen molar-refractivity contribution in [1.29, 1.82) is 0 Å². The monoisotopic (exact) mass is 253 g/mol. The summed E-state index contributed by atoms with van der Waals surface area (Å²) in [6.45, 7) is 8.62. The Bertz CT molecular complexity index is 291. The highest BCUT2D eigenvalue weighted by Gasteiger charge is 2.39. The van der Waals surface area contributed by atoms with Gasteiger partial charge in [0, 0.05) is 26.2 Å². The number of likely N-dealkylation sites (N-methyl/N-ethyl adjacent to an activating group) is 1. The summed E-state index contributed by atoms with van der Waals surface area (Å²) in [5, 5.41) is 3.37. The van der Waals surface area contributed by atoms with Crippen molar-refractivity contribution >= 4 is 5.91 Å². The van der Waals surface area contributed by atoms with Gasteiger partial charge in [-0.3, -0.25) is 4.79 Å². The maximum absolute atomic E-state index is 12.6. The molecule has 1 N–H and O–H groups in total. The van der Waals surface area contributed by atoms with E-state index < -0.39 is 0 Å². The zero-order valence-electron chi connectivity index (χ0n) is 12.0. The fourth-order valence-electron chi connectivity index (χ4n) is 3.26. The van der Waals surface area contributed by atoms with Gasteiger partial charge in [0.2, 0.25) is 5.91 Å². The molecule has 0 aromatic carbocycles. The van der Waals surface area contributed by atoms with E-state index in [9.17, 15) is 4.79 Å². The molecular weight excluding hydrogens is 226 g/mol. The van der Waals surface area contributed by atoms with Gasteiger partial charge in [0.15, 0.2) is 0 Å². The quantitative estimate of drug-likeness (QED) is 0.817. The molecule has 18 heavy (non-hydrogen) atoms. The zero-order chi connectivity index (χ0) is 13.2. The molecule has 2 rings (SSSR count). The van der Waals surface area contributed by atoms with Crippen LogP contribution in [-0.2, 0) is 4.79 Å². The van der Waals surface area contributed by atoms with Crippen molar-refractivity contribution < 1.29 is 4.79 Å². The smallest absolute Gasteiger partial charge is 0.242 e. The Hall–Kier alpha value is -0.610. The number of nitrogens with one attached hydrogen (secondary N) is 1. The largest absolute Gasteiger partial charge is 0.341 e. The van der Waals surface area contributed by atoms with E-state index in [1.165, 1.54) is 0 Å². The first kappa shape index (κ1) is 13.8. The molecule has 2 aliphatic heterocycles. The van der Waals surface area contributed by atoms with Crippen LogP contribution < -0.4 is 5.32 Å². The Morgan fingerprint density at radius 2 is 2.11 bits per heavy atom. The van der Waals surface area contributed by atoms with Gasteiger partial charge in [-0.05, 0) is 45.7 Å². The number of hydrogen-bond donors (Lipinski definition) is 1. The molecule has 1 unspecified atom stereocenters. The summed E-state index contributed by atoms with van der Waals surface area (Å²) in [7, 11) is 1.99. The third-order valence-corrected chi connectivity index (χ3v) is 4.71. The highest BCUT2D eigenvalue weighted by Crippen LogP contribution is 2.24. The second-order valence-electron chi connectivity index (χ2n) is 5.94. The molecule has 0 aromatic heterocycles. The Labute approximate surface area is 111 Å². The number of likely N-dealkylation sites (tertiary alicyclic amines) is 1. The Kier molecular flexibility index (Phi) is 4.28. The molecule has 0 radical (unpaired) electrons. The van der Waals surface area contributed by atoms with Crippen LogP contribution in [-0.4, -0.2) is 60.5 Å². The van der Waals surface area contributed by atoms with Gasteiger partial charge >= 0.3 is 0 Å². The van der Waals surface area contributed by atoms with Crippen LogP contribution >= 0.6 is 0 Å². The molecule has 0 saturated carbocycles. The van der Waals surface area contributed by atoms with E-state index >= 15 is 0 Å². The van der Waals surface area contributed by atoms with Crippen LogP contribution in [0.4, 0.5) is 0 Å². The van der Waals surface area contributed by atoms with E-state index in [2.05, 4.69) is 24.1 Å². The molecule has 0 aliphatic carbocycles. The molecule has 0 bridgehead atoms. The third-order valence-electron chi connectivity index (χ3n) is 4.71. The Morgan fingerprint density at radius 1 is 1.44 bits per heavy atom. The van der Waals surface area contributed by atoms with E-state index in [4.69, 9.17) is 0 Å². The van der Waals surface area contributed by atoms with Crippen LogP contribution in [0.15, 0.2) is 0 Å². The average molecular weight is 253 g/mol. The number of nitrogens with zero attached hydrogens (tertiary/aromatic N) is 2. The van der Waals surface area contributed by atoms with Crippen molar-refractivity contribution in [3.05, 3.63) is 0 Å². The molecule has 2 saturated heterocycles.